The lowest BCUT2D eigenvalue weighted by Gasteiger charge is -2.24. The van der Waals surface area contributed by atoms with Crippen molar-refractivity contribution in [2.45, 2.75) is 50.2 Å². The van der Waals surface area contributed by atoms with Gasteiger partial charge in [-0.25, -0.2) is 9.78 Å². The van der Waals surface area contributed by atoms with Crippen LogP contribution in [0.4, 0.5) is 24.9 Å². The van der Waals surface area contributed by atoms with Gasteiger partial charge in [-0.15, -0.1) is 0 Å². The fourth-order valence-electron chi connectivity index (χ4n) is 4.68. The quantitative estimate of drug-likeness (QED) is 0.307. The summed E-state index contributed by atoms with van der Waals surface area (Å²) < 4.78 is 47.0. The number of hydrogen-bond donors (Lipinski definition) is 3. The predicted octanol–water partition coefficient (Wildman–Crippen LogP) is 2.59. The first-order valence-electron chi connectivity index (χ1n) is 11.9. The summed E-state index contributed by atoms with van der Waals surface area (Å²) in [6, 6.07) is 8.06. The summed E-state index contributed by atoms with van der Waals surface area (Å²) in [5.41, 5.74) is 8.46. The number of halogens is 3. The Labute approximate surface area is 214 Å². The smallest absolute Gasteiger partial charge is 0.451 e. The molecule has 0 spiro atoms. The van der Waals surface area contributed by atoms with Crippen molar-refractivity contribution in [3.05, 3.63) is 60.2 Å². The molecule has 14 heteroatoms. The van der Waals surface area contributed by atoms with Crippen molar-refractivity contribution in [2.75, 3.05) is 17.6 Å². The molecule has 0 amide bonds. The zero-order chi connectivity index (χ0) is 27.0. The number of nitrogens with zero attached hydrogens (tertiary/aromatic N) is 6. The van der Waals surface area contributed by atoms with Crippen molar-refractivity contribution in [3.63, 3.8) is 0 Å². The van der Waals surface area contributed by atoms with E-state index in [1.165, 1.54) is 15.6 Å². The fraction of sp³-hybridized carbons (Fsp3) is 0.375. The van der Waals surface area contributed by atoms with Crippen LogP contribution < -0.4 is 11.1 Å². The number of rotatable bonds is 7. The number of nitrogens with one attached hydrogen (secondary N) is 1. The van der Waals surface area contributed by atoms with Crippen LogP contribution in [0.15, 0.2) is 49.1 Å². The number of aryl methyl sites for hydroxylation is 1. The summed E-state index contributed by atoms with van der Waals surface area (Å²) in [4.78, 5) is 24.7. The van der Waals surface area contributed by atoms with Gasteiger partial charge in [0, 0.05) is 12.7 Å². The number of carbonyl (C=O) groups excluding carboxylic acids is 1. The van der Waals surface area contributed by atoms with Crippen LogP contribution in [0.1, 0.15) is 29.6 Å². The molecule has 1 aliphatic rings. The van der Waals surface area contributed by atoms with Gasteiger partial charge in [-0.3, -0.25) is 4.68 Å². The SMILES string of the molecule is Cc1cnn([C@H]2C[C@@H](n3cnc4c(N)nc(NCCc5ccccc5)nc43)[C@H](OC(=O)C(F)(F)F)[C@@H]2O)c1. The molecule has 1 aromatic carbocycles. The van der Waals surface area contributed by atoms with E-state index in [2.05, 4.69) is 25.4 Å². The first kappa shape index (κ1) is 25.4. The van der Waals surface area contributed by atoms with Gasteiger partial charge in [0.2, 0.25) is 5.95 Å². The second-order valence-corrected chi connectivity index (χ2v) is 9.15. The number of hydrogen-bond acceptors (Lipinski definition) is 9. The molecule has 3 heterocycles. The van der Waals surface area contributed by atoms with Crippen molar-refractivity contribution in [1.29, 1.82) is 0 Å². The zero-order valence-electron chi connectivity index (χ0n) is 20.2. The Morgan fingerprint density at radius 3 is 2.68 bits per heavy atom. The number of nitrogens with two attached hydrogens (primary N) is 1. The van der Waals surface area contributed by atoms with Crippen LogP contribution in [-0.4, -0.2) is 65.3 Å². The van der Waals surface area contributed by atoms with Gasteiger partial charge in [-0.2, -0.15) is 28.2 Å². The van der Waals surface area contributed by atoms with E-state index in [1.54, 1.807) is 19.3 Å². The van der Waals surface area contributed by atoms with E-state index in [4.69, 9.17) is 10.5 Å². The molecular weight excluding hydrogens is 505 g/mol. The highest BCUT2D eigenvalue weighted by Crippen LogP contribution is 2.42. The lowest BCUT2D eigenvalue weighted by atomic mass is 10.1. The second-order valence-electron chi connectivity index (χ2n) is 9.15. The minimum Gasteiger partial charge on any atom is -0.451 e. The molecule has 0 bridgehead atoms. The molecule has 38 heavy (non-hydrogen) atoms. The van der Waals surface area contributed by atoms with Gasteiger partial charge in [0.25, 0.3) is 0 Å². The van der Waals surface area contributed by atoms with Crippen molar-refractivity contribution < 1.29 is 27.8 Å². The minimum absolute atomic E-state index is 0.0672. The highest BCUT2D eigenvalue weighted by atomic mass is 19.4. The van der Waals surface area contributed by atoms with Crippen LogP contribution in [0.25, 0.3) is 11.2 Å². The van der Waals surface area contributed by atoms with E-state index in [9.17, 15) is 23.1 Å². The molecule has 200 valence electrons. The van der Waals surface area contributed by atoms with Crippen LogP contribution >= 0.6 is 0 Å². The molecule has 0 saturated heterocycles. The lowest BCUT2D eigenvalue weighted by molar-refractivity contribution is -0.210. The molecular formula is C24H25F3N8O3. The van der Waals surface area contributed by atoms with Crippen molar-refractivity contribution in [2.24, 2.45) is 0 Å². The van der Waals surface area contributed by atoms with Gasteiger partial charge < -0.3 is 25.5 Å². The van der Waals surface area contributed by atoms with Gasteiger partial charge in [0.1, 0.15) is 11.6 Å². The minimum atomic E-state index is -5.23. The average molecular weight is 531 g/mol. The molecule has 11 nitrogen and oxygen atoms in total. The van der Waals surface area contributed by atoms with Gasteiger partial charge in [0.05, 0.1) is 24.6 Å². The Kier molecular flexibility index (Phi) is 6.65. The van der Waals surface area contributed by atoms with E-state index in [-0.39, 0.29) is 29.4 Å². The van der Waals surface area contributed by atoms with Gasteiger partial charge in [-0.1, -0.05) is 30.3 Å². The number of ether oxygens (including phenoxy) is 1. The van der Waals surface area contributed by atoms with E-state index in [1.807, 2.05) is 30.3 Å². The fourth-order valence-corrected chi connectivity index (χ4v) is 4.68. The Balaban J connectivity index is 1.46. The number of aliphatic hydroxyl groups is 1. The summed E-state index contributed by atoms with van der Waals surface area (Å²) in [6.45, 7) is 2.29. The molecule has 0 aliphatic heterocycles. The van der Waals surface area contributed by atoms with Gasteiger partial charge >= 0.3 is 12.1 Å². The summed E-state index contributed by atoms with van der Waals surface area (Å²) >= 11 is 0. The number of benzene rings is 1. The van der Waals surface area contributed by atoms with E-state index >= 15 is 0 Å². The van der Waals surface area contributed by atoms with Crippen LogP contribution in [0.3, 0.4) is 0 Å². The van der Waals surface area contributed by atoms with Crippen molar-refractivity contribution >= 4 is 28.9 Å². The number of imidazole rings is 1. The van der Waals surface area contributed by atoms with E-state index in [0.29, 0.717) is 13.0 Å². The number of alkyl halides is 3. The highest BCUT2D eigenvalue weighted by molar-refractivity contribution is 5.83. The molecule has 4 N–H and O–H groups in total. The Morgan fingerprint density at radius 2 is 2.00 bits per heavy atom. The van der Waals surface area contributed by atoms with E-state index < -0.39 is 36.4 Å². The molecule has 1 aliphatic carbocycles. The number of carbonyl (C=O) groups is 1. The van der Waals surface area contributed by atoms with E-state index in [0.717, 1.165) is 11.1 Å². The first-order valence-corrected chi connectivity index (χ1v) is 11.9. The van der Waals surface area contributed by atoms with Crippen molar-refractivity contribution in [1.82, 2.24) is 29.3 Å². The monoisotopic (exact) mass is 530 g/mol. The molecule has 1 fully saturated rings. The Hall–Kier alpha value is -4.20. The second kappa shape index (κ2) is 9.93. The molecule has 0 unspecified atom stereocenters. The van der Waals surface area contributed by atoms with Crippen LogP contribution in [0, 0.1) is 6.92 Å². The molecule has 3 aromatic heterocycles. The van der Waals surface area contributed by atoms with Gasteiger partial charge in [-0.05, 0) is 30.9 Å². The Bertz CT molecular complexity index is 1440. The topological polar surface area (TPSA) is 146 Å². The maximum atomic E-state index is 13.1. The van der Waals surface area contributed by atoms with Crippen LogP contribution in [-0.2, 0) is 16.0 Å². The molecule has 4 atom stereocenters. The number of aromatic nitrogens is 6. The van der Waals surface area contributed by atoms with Crippen molar-refractivity contribution in [3.8, 4) is 0 Å². The third-order valence-corrected chi connectivity index (χ3v) is 6.48. The predicted molar refractivity (Wildman–Crippen MR) is 130 cm³/mol. The summed E-state index contributed by atoms with van der Waals surface area (Å²) in [7, 11) is 0. The largest absolute Gasteiger partial charge is 0.490 e. The lowest BCUT2D eigenvalue weighted by Crippen LogP contribution is -2.39. The molecule has 1 saturated carbocycles. The summed E-state index contributed by atoms with van der Waals surface area (Å²) in [5.74, 6) is -2.13. The highest BCUT2D eigenvalue weighted by Gasteiger charge is 2.51. The third kappa shape index (κ3) is 4.98. The molecule has 0 radical (unpaired) electrons. The number of aliphatic hydroxyl groups excluding tert-OH is 1. The average Bonchev–Trinajstić information content (AvgIpc) is 3.57. The summed E-state index contributed by atoms with van der Waals surface area (Å²) in [6.07, 6.45) is -2.94. The number of fused-ring (bicyclic) bond motifs is 1. The number of esters is 1. The number of nitrogen functional groups attached to an aromatic ring is 1. The maximum Gasteiger partial charge on any atom is 0.490 e. The van der Waals surface area contributed by atoms with Gasteiger partial charge in [0.15, 0.2) is 17.6 Å². The normalized spacial score (nSPS) is 21.6. The molecule has 4 aromatic rings. The first-order chi connectivity index (χ1) is 18.1. The number of anilines is 2. The third-order valence-electron chi connectivity index (χ3n) is 6.48. The maximum absolute atomic E-state index is 13.1. The van der Waals surface area contributed by atoms with Crippen LogP contribution in [0.5, 0.6) is 0 Å². The zero-order valence-corrected chi connectivity index (χ0v) is 20.2. The Morgan fingerprint density at radius 1 is 1.24 bits per heavy atom. The summed E-state index contributed by atoms with van der Waals surface area (Å²) in [5, 5.41) is 18.3. The molecule has 5 rings (SSSR count). The van der Waals surface area contributed by atoms with Crippen LogP contribution in [0.2, 0.25) is 0 Å². The standard InChI is InChI=1S/C24H25F3N8O3/c1-13-10-31-35(11-13)15-9-16(19(18(15)36)38-22(37)24(25,26)27)34-12-30-17-20(28)32-23(33-21(17)34)29-8-7-14-5-3-2-4-6-14/h2-6,10-12,15-16,18-19,36H,7-9H2,1H3,(H3,28,29,32,33)/t15-,16+,18+,19-/m0/s1.